The number of aryl methyl sites for hydroxylation is 3. The van der Waals surface area contributed by atoms with E-state index in [1.165, 1.54) is 28.7 Å². The zero-order valence-corrected chi connectivity index (χ0v) is 31.5. The van der Waals surface area contributed by atoms with Gasteiger partial charge in [-0.3, -0.25) is 14.5 Å². The first-order valence-electron chi connectivity index (χ1n) is 19.2. The Kier molecular flexibility index (Phi) is 12.9. The Morgan fingerprint density at radius 1 is 0.923 bits per heavy atom. The summed E-state index contributed by atoms with van der Waals surface area (Å²) in [5.74, 6) is -0.308. The molecule has 0 saturated carbocycles. The molecule has 52 heavy (non-hydrogen) atoms. The zero-order chi connectivity index (χ0) is 36.5. The number of nitrogens with zero attached hydrogens (tertiary/aromatic N) is 5. The van der Waals surface area contributed by atoms with Crippen molar-refractivity contribution in [1.29, 1.82) is 0 Å². The molecule has 4 heterocycles. The van der Waals surface area contributed by atoms with Gasteiger partial charge >= 0.3 is 0 Å². The maximum atomic E-state index is 13.1. The smallest absolute Gasteiger partial charge is 0.220 e. The van der Waals surface area contributed by atoms with Crippen LogP contribution in [-0.2, 0) is 46.9 Å². The lowest BCUT2D eigenvalue weighted by Crippen LogP contribution is -2.30. The number of hydrogen-bond donors (Lipinski definition) is 3. The van der Waals surface area contributed by atoms with Crippen molar-refractivity contribution in [3.8, 4) is 11.1 Å². The zero-order valence-electron chi connectivity index (χ0n) is 31.5. The van der Waals surface area contributed by atoms with E-state index in [-0.39, 0.29) is 30.7 Å². The molecule has 2 aliphatic rings. The summed E-state index contributed by atoms with van der Waals surface area (Å²) >= 11 is 0. The first-order valence-corrected chi connectivity index (χ1v) is 19.2. The van der Waals surface area contributed by atoms with Crippen molar-refractivity contribution in [1.82, 2.24) is 35.2 Å². The number of rotatable bonds is 14. The molecule has 11 nitrogen and oxygen atoms in total. The summed E-state index contributed by atoms with van der Waals surface area (Å²) in [6, 6.07) is 15.5. The third kappa shape index (κ3) is 9.56. The van der Waals surface area contributed by atoms with Crippen LogP contribution in [0.1, 0.15) is 73.9 Å². The molecule has 0 bridgehead atoms. The van der Waals surface area contributed by atoms with Crippen LogP contribution in [0.25, 0.3) is 22.2 Å². The van der Waals surface area contributed by atoms with Gasteiger partial charge in [-0.05, 0) is 99.6 Å². The molecule has 2 amide bonds. The molecule has 0 aliphatic carbocycles. The molecule has 4 aromatic rings. The van der Waals surface area contributed by atoms with E-state index < -0.39 is 0 Å². The number of aromatic nitrogens is 3. The normalized spacial score (nSPS) is 16.2. The Bertz CT molecular complexity index is 1830. The van der Waals surface area contributed by atoms with Gasteiger partial charge in [-0.25, -0.2) is 9.67 Å². The molecular weight excluding hydrogens is 653 g/mol. The summed E-state index contributed by atoms with van der Waals surface area (Å²) in [4.78, 5) is 35.9. The Hall–Kier alpha value is -4.32. The van der Waals surface area contributed by atoms with Crippen LogP contribution in [0.15, 0.2) is 48.7 Å². The number of nitrogens with one attached hydrogen (secondary N) is 3. The molecule has 2 aromatic carbocycles. The minimum atomic E-state index is -0.164. The summed E-state index contributed by atoms with van der Waals surface area (Å²) in [5.41, 5.74) is 9.67. The highest BCUT2D eigenvalue weighted by Crippen LogP contribution is 2.31. The van der Waals surface area contributed by atoms with Gasteiger partial charge in [0.1, 0.15) is 0 Å². The number of ether oxygens (including phenoxy) is 1. The van der Waals surface area contributed by atoms with Gasteiger partial charge in [0.15, 0.2) is 5.65 Å². The summed E-state index contributed by atoms with van der Waals surface area (Å²) in [6.45, 7) is 14.6. The molecule has 2 fully saturated rings. The highest BCUT2D eigenvalue weighted by Gasteiger charge is 2.22. The number of carbonyl (C=O) groups is 2. The number of pyridine rings is 1. The Morgan fingerprint density at radius 3 is 2.48 bits per heavy atom. The van der Waals surface area contributed by atoms with Crippen LogP contribution in [0.4, 0.5) is 5.69 Å². The van der Waals surface area contributed by atoms with E-state index in [1.54, 1.807) is 0 Å². The van der Waals surface area contributed by atoms with Crippen molar-refractivity contribution in [3.05, 3.63) is 76.6 Å². The van der Waals surface area contributed by atoms with Crippen LogP contribution < -0.4 is 16.0 Å². The van der Waals surface area contributed by atoms with E-state index in [0.29, 0.717) is 13.1 Å². The summed E-state index contributed by atoms with van der Waals surface area (Å²) in [6.07, 6.45) is 5.86. The van der Waals surface area contributed by atoms with Gasteiger partial charge in [-0.15, -0.1) is 0 Å². The van der Waals surface area contributed by atoms with Crippen molar-refractivity contribution >= 4 is 28.5 Å². The summed E-state index contributed by atoms with van der Waals surface area (Å²) < 4.78 is 7.50. The fraction of sp³-hybridized carbons (Fsp3) is 0.512. The number of fused-ring (bicyclic) bond motifs is 1. The molecule has 11 heteroatoms. The van der Waals surface area contributed by atoms with Gasteiger partial charge in [0.05, 0.1) is 17.3 Å². The molecule has 2 saturated heterocycles. The lowest BCUT2D eigenvalue weighted by Gasteiger charge is -2.26. The summed E-state index contributed by atoms with van der Waals surface area (Å²) in [7, 11) is 2.20. The Balaban J connectivity index is 1.03. The molecule has 0 unspecified atom stereocenters. The number of carbonyl (C=O) groups excluding carboxylic acids is 2. The first-order chi connectivity index (χ1) is 25.3. The third-order valence-electron chi connectivity index (χ3n) is 10.5. The highest BCUT2D eigenvalue weighted by atomic mass is 16.5. The van der Waals surface area contributed by atoms with E-state index in [1.807, 2.05) is 10.9 Å². The SMILES string of the molecule is CCc1nc2c(cnn2CC)c(NC2CCOCC2)c1CNC(=O)CCC(=O)NCc1ccc(C)c(-c2cccc(CN3CCCN(C)CC3)c2)c1. The standard InChI is InChI=1S/C41H56N8O3/c1-5-37-35(40(45-33-15-21-52-22-16-33)36-27-44-49(6-2)41(36)46-37)26-43-39(51)14-13-38(50)42-25-30-12-11-29(3)34(24-30)32-10-7-9-31(23-32)28-48-18-8-17-47(4)19-20-48/h7,9-12,23-24,27,33H,5-6,8,13-22,25-26,28H2,1-4H3,(H,42,50)(H,43,51)(H,45,46). The van der Waals surface area contributed by atoms with Crippen molar-refractivity contribution in [3.63, 3.8) is 0 Å². The second-order valence-corrected chi connectivity index (χ2v) is 14.3. The summed E-state index contributed by atoms with van der Waals surface area (Å²) in [5, 5.41) is 15.4. The van der Waals surface area contributed by atoms with E-state index in [2.05, 4.69) is 101 Å². The van der Waals surface area contributed by atoms with Crippen LogP contribution in [0.5, 0.6) is 0 Å². The van der Waals surface area contributed by atoms with Crippen LogP contribution in [0.3, 0.4) is 0 Å². The Labute approximate surface area is 308 Å². The first kappa shape index (κ1) is 37.4. The van der Waals surface area contributed by atoms with Gasteiger partial charge in [0.2, 0.25) is 11.8 Å². The van der Waals surface area contributed by atoms with E-state index >= 15 is 0 Å². The van der Waals surface area contributed by atoms with E-state index in [0.717, 1.165) is 105 Å². The lowest BCUT2D eigenvalue weighted by molar-refractivity contribution is -0.126. The second kappa shape index (κ2) is 17.9. The quantitative estimate of drug-likeness (QED) is 0.159. The molecule has 2 aliphatic heterocycles. The van der Waals surface area contributed by atoms with Crippen LogP contribution >= 0.6 is 0 Å². The maximum absolute atomic E-state index is 13.1. The Morgan fingerprint density at radius 2 is 1.71 bits per heavy atom. The van der Waals surface area contributed by atoms with Gasteiger partial charge in [0.25, 0.3) is 0 Å². The lowest BCUT2D eigenvalue weighted by atomic mass is 9.96. The molecule has 0 atom stereocenters. The van der Waals surface area contributed by atoms with Crippen LogP contribution in [0, 0.1) is 6.92 Å². The van der Waals surface area contributed by atoms with Gasteiger partial charge in [0, 0.05) is 82.6 Å². The van der Waals surface area contributed by atoms with Gasteiger partial charge in [-0.1, -0.05) is 37.3 Å². The van der Waals surface area contributed by atoms with E-state index in [4.69, 9.17) is 9.72 Å². The number of hydrogen-bond acceptors (Lipinski definition) is 8. The van der Waals surface area contributed by atoms with Crippen molar-refractivity contribution < 1.29 is 14.3 Å². The predicted molar refractivity (Wildman–Crippen MR) is 207 cm³/mol. The van der Waals surface area contributed by atoms with Crippen molar-refractivity contribution in [2.24, 2.45) is 0 Å². The van der Waals surface area contributed by atoms with Gasteiger partial charge in [-0.2, -0.15) is 5.10 Å². The molecule has 2 aromatic heterocycles. The number of benzene rings is 2. The number of amides is 2. The third-order valence-corrected chi connectivity index (χ3v) is 10.5. The fourth-order valence-corrected chi connectivity index (χ4v) is 7.34. The van der Waals surface area contributed by atoms with E-state index in [9.17, 15) is 9.59 Å². The van der Waals surface area contributed by atoms with Gasteiger partial charge < -0.3 is 25.6 Å². The monoisotopic (exact) mass is 708 g/mol. The molecule has 6 rings (SSSR count). The second-order valence-electron chi connectivity index (χ2n) is 14.3. The number of likely N-dealkylation sites (N-methyl/N-ethyl adjacent to an activating group) is 1. The predicted octanol–water partition coefficient (Wildman–Crippen LogP) is 5.43. The minimum absolute atomic E-state index is 0.110. The number of anilines is 1. The average Bonchev–Trinajstić information content (AvgIpc) is 3.47. The maximum Gasteiger partial charge on any atom is 0.220 e. The van der Waals surface area contributed by atoms with Crippen molar-refractivity contribution in [2.75, 3.05) is 51.8 Å². The molecule has 0 spiro atoms. The topological polar surface area (TPSA) is 117 Å². The minimum Gasteiger partial charge on any atom is -0.381 e. The molecular formula is C41H56N8O3. The molecule has 0 radical (unpaired) electrons. The average molecular weight is 709 g/mol. The highest BCUT2D eigenvalue weighted by molar-refractivity contribution is 5.92. The van der Waals surface area contributed by atoms with Crippen molar-refractivity contribution in [2.45, 2.75) is 91.5 Å². The largest absolute Gasteiger partial charge is 0.381 e. The fourth-order valence-electron chi connectivity index (χ4n) is 7.34. The van der Waals surface area contributed by atoms with Crippen LogP contribution in [-0.4, -0.2) is 88.9 Å². The molecule has 3 N–H and O–H groups in total. The molecule has 278 valence electrons. The van der Waals surface area contributed by atoms with Crippen LogP contribution in [0.2, 0.25) is 0 Å².